The minimum absolute atomic E-state index is 0.408. The Kier molecular flexibility index (Phi) is 6.08. The third-order valence-electron chi connectivity index (χ3n) is 6.94. The normalized spacial score (nSPS) is 21.2. The molecule has 5 heteroatoms. The van der Waals surface area contributed by atoms with Gasteiger partial charge < -0.3 is 4.90 Å². The fraction of sp³-hybridized carbons (Fsp3) is 0.440. The van der Waals surface area contributed by atoms with Crippen molar-refractivity contribution in [2.75, 3.05) is 26.2 Å². The second kappa shape index (κ2) is 8.75. The molecule has 0 amide bonds. The molecule has 2 fully saturated rings. The third-order valence-corrected chi connectivity index (χ3v) is 7.75. The first kappa shape index (κ1) is 20.8. The highest BCUT2D eigenvalue weighted by Gasteiger charge is 2.41. The van der Waals surface area contributed by atoms with Crippen LogP contribution in [-0.2, 0) is 0 Å². The van der Waals surface area contributed by atoms with Gasteiger partial charge in [0.15, 0.2) is 0 Å². The molecule has 1 unspecified atom stereocenters. The van der Waals surface area contributed by atoms with Crippen molar-refractivity contribution in [3.05, 3.63) is 65.4 Å². The number of aromatic nitrogens is 1. The summed E-state index contributed by atoms with van der Waals surface area (Å²) in [6.45, 7) is 12.6. The van der Waals surface area contributed by atoms with Crippen LogP contribution in [-0.4, -0.2) is 41.0 Å². The fourth-order valence-electron chi connectivity index (χ4n) is 4.85. The van der Waals surface area contributed by atoms with Crippen molar-refractivity contribution in [2.24, 2.45) is 5.41 Å². The molecule has 0 aliphatic carbocycles. The third kappa shape index (κ3) is 4.21. The van der Waals surface area contributed by atoms with Crippen molar-refractivity contribution in [1.82, 2.24) is 14.8 Å². The van der Waals surface area contributed by atoms with E-state index in [4.69, 9.17) is 5.26 Å². The highest BCUT2D eigenvalue weighted by Crippen LogP contribution is 2.43. The number of allylic oxidation sites excluding steroid dienone is 4. The van der Waals surface area contributed by atoms with E-state index in [0.29, 0.717) is 11.5 Å². The number of hydrogen-bond donors (Lipinski definition) is 0. The van der Waals surface area contributed by atoms with Gasteiger partial charge in [-0.05, 0) is 87.5 Å². The van der Waals surface area contributed by atoms with Crippen LogP contribution < -0.4 is 0 Å². The van der Waals surface area contributed by atoms with E-state index < -0.39 is 0 Å². The minimum atomic E-state index is 0.408. The van der Waals surface area contributed by atoms with Crippen LogP contribution in [0.25, 0.3) is 10.2 Å². The zero-order valence-corrected chi connectivity index (χ0v) is 18.8. The van der Waals surface area contributed by atoms with Gasteiger partial charge in [-0.2, -0.15) is 5.26 Å². The predicted octanol–water partition coefficient (Wildman–Crippen LogP) is 5.68. The van der Waals surface area contributed by atoms with Crippen LogP contribution in [0.1, 0.15) is 44.7 Å². The molecule has 1 spiro atoms. The highest BCUT2D eigenvalue weighted by atomic mass is 32.1. The standard InChI is InChI=1S/C25H30N4S/c1-4-22(7-5-19(2)16-26)29-14-11-25(17-29)9-12-28(13-10-25)20(3)21-6-8-24-23(15-21)27-18-30-24/h4-8,15,18,20H,1,9-14,17H2,2-3H3/b19-5+,22-7+. The smallest absolute Gasteiger partial charge is 0.0944 e. The molecule has 3 heterocycles. The minimum Gasteiger partial charge on any atom is -0.371 e. The van der Waals surface area contributed by atoms with Crippen LogP contribution in [0.5, 0.6) is 0 Å². The summed E-state index contributed by atoms with van der Waals surface area (Å²) in [5.74, 6) is 0. The van der Waals surface area contributed by atoms with Crippen molar-refractivity contribution in [3.63, 3.8) is 0 Å². The lowest BCUT2D eigenvalue weighted by Gasteiger charge is -2.42. The summed E-state index contributed by atoms with van der Waals surface area (Å²) in [7, 11) is 0. The van der Waals surface area contributed by atoms with Crippen LogP contribution >= 0.6 is 11.3 Å². The van der Waals surface area contributed by atoms with E-state index in [1.807, 2.05) is 30.7 Å². The summed E-state index contributed by atoms with van der Waals surface area (Å²) in [4.78, 5) is 9.57. The average molecular weight is 419 g/mol. The van der Waals surface area contributed by atoms with Crippen LogP contribution in [0, 0.1) is 16.7 Å². The summed E-state index contributed by atoms with van der Waals surface area (Å²) in [5.41, 5.74) is 6.68. The Balaban J connectivity index is 1.39. The lowest BCUT2D eigenvalue weighted by molar-refractivity contribution is 0.0842. The molecule has 2 saturated heterocycles. The maximum absolute atomic E-state index is 8.98. The van der Waals surface area contributed by atoms with Crippen molar-refractivity contribution in [2.45, 2.75) is 39.2 Å². The van der Waals surface area contributed by atoms with Gasteiger partial charge in [-0.15, -0.1) is 11.3 Å². The molecular weight excluding hydrogens is 388 g/mol. The second-order valence-electron chi connectivity index (χ2n) is 8.72. The number of benzene rings is 1. The van der Waals surface area contributed by atoms with E-state index in [1.165, 1.54) is 29.5 Å². The van der Waals surface area contributed by atoms with E-state index in [-0.39, 0.29) is 0 Å². The molecule has 1 atom stereocenters. The number of nitriles is 1. The molecule has 156 valence electrons. The van der Waals surface area contributed by atoms with Gasteiger partial charge in [0, 0.05) is 30.4 Å². The molecule has 1 aromatic heterocycles. The second-order valence-corrected chi connectivity index (χ2v) is 9.61. The van der Waals surface area contributed by atoms with E-state index >= 15 is 0 Å². The lowest BCUT2D eigenvalue weighted by Crippen LogP contribution is -2.42. The van der Waals surface area contributed by atoms with Crippen molar-refractivity contribution >= 4 is 21.6 Å². The van der Waals surface area contributed by atoms with Crippen LogP contribution in [0.2, 0.25) is 0 Å². The van der Waals surface area contributed by atoms with Gasteiger partial charge in [0.25, 0.3) is 0 Å². The zero-order valence-electron chi connectivity index (χ0n) is 18.0. The fourth-order valence-corrected chi connectivity index (χ4v) is 5.50. The first-order chi connectivity index (χ1) is 14.5. The Labute approximate surface area is 183 Å². The number of thiazole rings is 1. The summed E-state index contributed by atoms with van der Waals surface area (Å²) in [5, 5.41) is 8.98. The molecule has 0 saturated carbocycles. The number of piperidine rings is 1. The molecule has 30 heavy (non-hydrogen) atoms. The summed E-state index contributed by atoms with van der Waals surface area (Å²) in [6, 6.07) is 9.35. The predicted molar refractivity (Wildman–Crippen MR) is 125 cm³/mol. The number of nitrogens with zero attached hydrogens (tertiary/aromatic N) is 4. The summed E-state index contributed by atoms with van der Waals surface area (Å²) in [6.07, 6.45) is 9.58. The molecule has 0 radical (unpaired) electrons. The van der Waals surface area contributed by atoms with Gasteiger partial charge in [0.05, 0.1) is 21.8 Å². The van der Waals surface area contributed by atoms with Crippen LogP contribution in [0.3, 0.4) is 0 Å². The van der Waals surface area contributed by atoms with Crippen molar-refractivity contribution < 1.29 is 0 Å². The Bertz CT molecular complexity index is 1020. The maximum Gasteiger partial charge on any atom is 0.0944 e. The van der Waals surface area contributed by atoms with Gasteiger partial charge in [-0.1, -0.05) is 12.6 Å². The molecule has 0 bridgehead atoms. The van der Waals surface area contributed by atoms with E-state index in [1.54, 1.807) is 11.3 Å². The first-order valence-corrected chi connectivity index (χ1v) is 11.6. The van der Waals surface area contributed by atoms with Gasteiger partial charge in [-0.25, -0.2) is 4.98 Å². The molecule has 0 N–H and O–H groups in total. The molecule has 1 aromatic carbocycles. The van der Waals surface area contributed by atoms with Crippen LogP contribution in [0.15, 0.2) is 59.8 Å². The van der Waals surface area contributed by atoms with Gasteiger partial charge >= 0.3 is 0 Å². The van der Waals surface area contributed by atoms with E-state index in [9.17, 15) is 0 Å². The van der Waals surface area contributed by atoms with Gasteiger partial charge in [0.2, 0.25) is 0 Å². The highest BCUT2D eigenvalue weighted by molar-refractivity contribution is 7.16. The molecule has 2 aromatic rings. The topological polar surface area (TPSA) is 43.2 Å². The molecule has 4 nitrogen and oxygen atoms in total. The lowest BCUT2D eigenvalue weighted by atomic mass is 9.77. The van der Waals surface area contributed by atoms with E-state index in [2.05, 4.69) is 52.6 Å². The van der Waals surface area contributed by atoms with Gasteiger partial charge in [0.1, 0.15) is 0 Å². The SMILES string of the molecule is C=C/C(=C\C=C(/C)C#N)N1CCC2(CCN(C(C)c3ccc4scnc4c3)CC2)C1. The number of likely N-dealkylation sites (tertiary alicyclic amines) is 2. The summed E-state index contributed by atoms with van der Waals surface area (Å²) >= 11 is 1.71. The maximum atomic E-state index is 8.98. The van der Waals surface area contributed by atoms with Crippen molar-refractivity contribution in [3.8, 4) is 6.07 Å². The molecular formula is C25H30N4S. The Hall–Kier alpha value is -2.42. The van der Waals surface area contributed by atoms with E-state index in [0.717, 1.165) is 43.0 Å². The van der Waals surface area contributed by atoms with Gasteiger partial charge in [-0.3, -0.25) is 4.90 Å². The average Bonchev–Trinajstić information content (AvgIpc) is 3.41. The molecule has 2 aliphatic rings. The largest absolute Gasteiger partial charge is 0.371 e. The monoisotopic (exact) mass is 418 g/mol. The number of rotatable bonds is 5. The Morgan fingerprint density at radius 1 is 1.27 bits per heavy atom. The zero-order chi connectivity index (χ0) is 21.1. The number of hydrogen-bond acceptors (Lipinski definition) is 5. The quantitative estimate of drug-likeness (QED) is 0.462. The number of fused-ring (bicyclic) bond motifs is 1. The Morgan fingerprint density at radius 2 is 2.03 bits per heavy atom. The molecule has 2 aliphatic heterocycles. The molecule has 4 rings (SSSR count). The van der Waals surface area contributed by atoms with Crippen LogP contribution in [0.4, 0.5) is 0 Å². The Morgan fingerprint density at radius 3 is 2.77 bits per heavy atom. The summed E-state index contributed by atoms with van der Waals surface area (Å²) < 4.78 is 1.26. The first-order valence-electron chi connectivity index (χ1n) is 10.8. The van der Waals surface area contributed by atoms with Crippen molar-refractivity contribution in [1.29, 1.82) is 5.26 Å².